The van der Waals surface area contributed by atoms with Crippen LogP contribution < -0.4 is 15.4 Å². The maximum absolute atomic E-state index is 12.1. The summed E-state index contributed by atoms with van der Waals surface area (Å²) in [5, 5.41) is 5.24. The number of benzene rings is 3. The number of nitrogens with one attached hydrogen (secondary N) is 2. The summed E-state index contributed by atoms with van der Waals surface area (Å²) in [6, 6.07) is 23.0. The van der Waals surface area contributed by atoms with Gasteiger partial charge in [-0.25, -0.2) is 4.79 Å². The van der Waals surface area contributed by atoms with Crippen LogP contribution in [-0.4, -0.2) is 24.4 Å². The van der Waals surface area contributed by atoms with Crippen LogP contribution in [0.5, 0.6) is 5.75 Å². The lowest BCUT2D eigenvalue weighted by Gasteiger charge is -2.09. The number of carbonyl (C=O) groups is 3. The second-order valence-corrected chi connectivity index (χ2v) is 6.68. The number of hydrogen-bond acceptors (Lipinski definition) is 5. The number of ether oxygens (including phenoxy) is 2. The number of esters is 1. The molecule has 7 nitrogen and oxygen atoms in total. The number of hydrogen-bond donors (Lipinski definition) is 2. The zero-order chi connectivity index (χ0) is 22.1. The van der Waals surface area contributed by atoms with Crippen LogP contribution in [0.2, 0.25) is 0 Å². The molecular formula is C24H22N2O5. The second kappa shape index (κ2) is 10.6. The van der Waals surface area contributed by atoms with Gasteiger partial charge in [-0.2, -0.15) is 0 Å². The van der Waals surface area contributed by atoms with Gasteiger partial charge in [-0.3, -0.25) is 9.59 Å². The highest BCUT2D eigenvalue weighted by Crippen LogP contribution is 2.17. The molecule has 0 heterocycles. The molecule has 0 radical (unpaired) electrons. The zero-order valence-electron chi connectivity index (χ0n) is 17.0. The molecule has 3 aromatic rings. The standard InChI is InChI=1S/C24H22N2O5/c1-17(27)25-21-9-5-8-19(14-21)24(29)31-16-23(28)26-20-10-12-22(13-11-20)30-15-18-6-3-2-4-7-18/h2-14H,15-16H2,1H3,(H,25,27)(H,26,28). The van der Waals surface area contributed by atoms with Gasteiger partial charge in [-0.1, -0.05) is 36.4 Å². The minimum atomic E-state index is -0.660. The summed E-state index contributed by atoms with van der Waals surface area (Å²) in [6.45, 7) is 1.39. The molecule has 0 saturated heterocycles. The summed E-state index contributed by atoms with van der Waals surface area (Å²) in [7, 11) is 0. The van der Waals surface area contributed by atoms with Crippen LogP contribution in [0, 0.1) is 0 Å². The fraction of sp³-hybridized carbons (Fsp3) is 0.125. The highest BCUT2D eigenvalue weighted by atomic mass is 16.5. The van der Waals surface area contributed by atoms with E-state index in [2.05, 4.69) is 10.6 Å². The third-order valence-electron chi connectivity index (χ3n) is 4.14. The van der Waals surface area contributed by atoms with Gasteiger partial charge in [0.1, 0.15) is 12.4 Å². The van der Waals surface area contributed by atoms with Gasteiger partial charge >= 0.3 is 5.97 Å². The normalized spacial score (nSPS) is 10.1. The fourth-order valence-corrected chi connectivity index (χ4v) is 2.71. The third-order valence-corrected chi connectivity index (χ3v) is 4.14. The van der Waals surface area contributed by atoms with Crippen LogP contribution in [0.3, 0.4) is 0 Å². The van der Waals surface area contributed by atoms with Crippen molar-refractivity contribution in [3.8, 4) is 5.75 Å². The maximum Gasteiger partial charge on any atom is 0.338 e. The molecule has 0 aromatic heterocycles. The van der Waals surface area contributed by atoms with Crippen molar-refractivity contribution in [3.05, 3.63) is 90.0 Å². The van der Waals surface area contributed by atoms with E-state index in [1.807, 2.05) is 30.3 Å². The first-order valence-corrected chi connectivity index (χ1v) is 9.61. The molecule has 0 fully saturated rings. The molecule has 7 heteroatoms. The summed E-state index contributed by atoms with van der Waals surface area (Å²) < 4.78 is 10.8. The summed E-state index contributed by atoms with van der Waals surface area (Å²) in [5.74, 6) is -0.704. The van der Waals surface area contributed by atoms with Gasteiger partial charge in [0.2, 0.25) is 5.91 Å². The monoisotopic (exact) mass is 418 g/mol. The van der Waals surface area contributed by atoms with Crippen molar-refractivity contribution in [1.82, 2.24) is 0 Å². The predicted octanol–water partition coefficient (Wildman–Crippen LogP) is 4.02. The lowest BCUT2D eigenvalue weighted by atomic mass is 10.2. The van der Waals surface area contributed by atoms with E-state index < -0.39 is 18.5 Å². The Kier molecular flexibility index (Phi) is 7.37. The Bertz CT molecular complexity index is 1050. The quantitative estimate of drug-likeness (QED) is 0.539. The Hall–Kier alpha value is -4.13. The van der Waals surface area contributed by atoms with Gasteiger partial charge in [0.25, 0.3) is 5.91 Å². The average Bonchev–Trinajstić information content (AvgIpc) is 2.77. The Morgan fingerprint density at radius 3 is 2.26 bits per heavy atom. The third kappa shape index (κ3) is 7.01. The van der Waals surface area contributed by atoms with E-state index in [4.69, 9.17) is 9.47 Å². The molecule has 2 N–H and O–H groups in total. The van der Waals surface area contributed by atoms with E-state index in [0.29, 0.717) is 23.7 Å². The smallest absolute Gasteiger partial charge is 0.338 e. The largest absolute Gasteiger partial charge is 0.489 e. The van der Waals surface area contributed by atoms with Gasteiger partial charge in [-0.15, -0.1) is 0 Å². The van der Waals surface area contributed by atoms with E-state index in [-0.39, 0.29) is 11.5 Å². The molecule has 0 saturated carbocycles. The van der Waals surface area contributed by atoms with Crippen molar-refractivity contribution in [1.29, 1.82) is 0 Å². The minimum absolute atomic E-state index is 0.235. The molecule has 31 heavy (non-hydrogen) atoms. The van der Waals surface area contributed by atoms with Crippen molar-refractivity contribution in [2.45, 2.75) is 13.5 Å². The van der Waals surface area contributed by atoms with Crippen LogP contribution in [0.1, 0.15) is 22.8 Å². The summed E-state index contributed by atoms with van der Waals surface area (Å²) in [6.07, 6.45) is 0. The zero-order valence-corrected chi connectivity index (χ0v) is 17.0. The molecule has 3 aromatic carbocycles. The Labute approximate surface area is 180 Å². The Morgan fingerprint density at radius 2 is 1.55 bits per heavy atom. The van der Waals surface area contributed by atoms with Crippen LogP contribution in [0.25, 0.3) is 0 Å². The van der Waals surface area contributed by atoms with Crippen molar-refractivity contribution in [3.63, 3.8) is 0 Å². The summed E-state index contributed by atoms with van der Waals surface area (Å²) >= 11 is 0. The second-order valence-electron chi connectivity index (χ2n) is 6.68. The fourth-order valence-electron chi connectivity index (χ4n) is 2.71. The molecule has 0 bridgehead atoms. The number of amides is 2. The minimum Gasteiger partial charge on any atom is -0.489 e. The van der Waals surface area contributed by atoms with Gasteiger partial charge in [0.15, 0.2) is 6.61 Å². The van der Waals surface area contributed by atoms with E-state index >= 15 is 0 Å². The predicted molar refractivity (Wildman–Crippen MR) is 117 cm³/mol. The van der Waals surface area contributed by atoms with E-state index in [1.165, 1.54) is 13.0 Å². The lowest BCUT2D eigenvalue weighted by molar-refractivity contribution is -0.119. The van der Waals surface area contributed by atoms with Crippen molar-refractivity contribution >= 4 is 29.2 Å². The van der Waals surface area contributed by atoms with E-state index in [1.54, 1.807) is 42.5 Å². The topological polar surface area (TPSA) is 93.7 Å². The molecule has 0 aliphatic rings. The number of carbonyl (C=O) groups excluding carboxylic acids is 3. The van der Waals surface area contributed by atoms with Gasteiger partial charge in [0, 0.05) is 18.3 Å². The Morgan fingerprint density at radius 1 is 0.806 bits per heavy atom. The lowest BCUT2D eigenvalue weighted by Crippen LogP contribution is -2.21. The molecule has 2 amide bonds. The van der Waals surface area contributed by atoms with Crippen molar-refractivity contribution in [2.75, 3.05) is 17.2 Å². The van der Waals surface area contributed by atoms with E-state index in [9.17, 15) is 14.4 Å². The first kappa shape index (κ1) is 21.6. The molecule has 0 spiro atoms. The molecule has 158 valence electrons. The number of anilines is 2. The summed E-state index contributed by atoms with van der Waals surface area (Å²) in [5.41, 5.74) is 2.32. The van der Waals surface area contributed by atoms with Crippen molar-refractivity contribution < 1.29 is 23.9 Å². The first-order valence-electron chi connectivity index (χ1n) is 9.61. The highest BCUT2D eigenvalue weighted by molar-refractivity contribution is 5.96. The van der Waals surface area contributed by atoms with Crippen LogP contribution in [0.15, 0.2) is 78.9 Å². The Balaban J connectivity index is 1.46. The molecule has 0 aliphatic heterocycles. The van der Waals surface area contributed by atoms with Crippen molar-refractivity contribution in [2.24, 2.45) is 0 Å². The van der Waals surface area contributed by atoms with Crippen LogP contribution >= 0.6 is 0 Å². The van der Waals surface area contributed by atoms with Crippen LogP contribution in [0.4, 0.5) is 11.4 Å². The molecule has 0 aliphatic carbocycles. The van der Waals surface area contributed by atoms with Crippen LogP contribution in [-0.2, 0) is 20.9 Å². The SMILES string of the molecule is CC(=O)Nc1cccc(C(=O)OCC(=O)Nc2ccc(OCc3ccccc3)cc2)c1. The molecular weight excluding hydrogens is 396 g/mol. The van der Waals surface area contributed by atoms with Gasteiger partial charge in [-0.05, 0) is 48.0 Å². The summed E-state index contributed by atoms with van der Waals surface area (Å²) in [4.78, 5) is 35.3. The molecule has 3 rings (SSSR count). The highest BCUT2D eigenvalue weighted by Gasteiger charge is 2.11. The molecule has 0 atom stereocenters. The van der Waals surface area contributed by atoms with E-state index in [0.717, 1.165) is 5.56 Å². The van der Waals surface area contributed by atoms with Gasteiger partial charge in [0.05, 0.1) is 5.56 Å². The van der Waals surface area contributed by atoms with Gasteiger partial charge < -0.3 is 20.1 Å². The molecule has 0 unspecified atom stereocenters. The maximum atomic E-state index is 12.1. The average molecular weight is 418 g/mol. The first-order chi connectivity index (χ1) is 15.0. The number of rotatable bonds is 8.